The van der Waals surface area contributed by atoms with Crippen LogP contribution in [0.3, 0.4) is 0 Å². The van der Waals surface area contributed by atoms with Gasteiger partial charge in [-0.15, -0.1) is 0 Å². The van der Waals surface area contributed by atoms with Crippen LogP contribution in [0.25, 0.3) is 0 Å². The molecule has 0 heterocycles. The van der Waals surface area contributed by atoms with E-state index in [-0.39, 0.29) is 0 Å². The van der Waals surface area contributed by atoms with Gasteiger partial charge in [0.25, 0.3) is 0 Å². The van der Waals surface area contributed by atoms with E-state index in [2.05, 4.69) is 57.0 Å². The van der Waals surface area contributed by atoms with Gasteiger partial charge in [0.05, 0.1) is 20.1 Å². The first-order valence-electron chi connectivity index (χ1n) is 10.2. The molecule has 0 aliphatic carbocycles. The Bertz CT molecular complexity index is 411. The van der Waals surface area contributed by atoms with Crippen LogP contribution in [0.15, 0.2) is 43.0 Å². The molecule has 1 rings (SSSR count). The lowest BCUT2D eigenvalue weighted by Gasteiger charge is -2.34. The number of quaternary nitrogens is 1. The molecule has 0 N–H and O–H groups in total. The molecule has 0 amide bonds. The number of unbranched alkanes of at least 4 members (excludes halogenated alkanes) is 9. The Morgan fingerprint density at radius 3 is 1.92 bits per heavy atom. The van der Waals surface area contributed by atoms with Crippen LogP contribution in [-0.4, -0.2) is 24.6 Å². The zero-order valence-electron chi connectivity index (χ0n) is 16.3. The molecule has 0 spiro atoms. The van der Waals surface area contributed by atoms with Crippen LogP contribution in [0, 0.1) is 0 Å². The molecule has 0 saturated carbocycles. The fourth-order valence-corrected chi connectivity index (χ4v) is 3.55. The van der Waals surface area contributed by atoms with Crippen LogP contribution in [0.1, 0.15) is 76.7 Å². The molecule has 0 bridgehead atoms. The van der Waals surface area contributed by atoms with Gasteiger partial charge >= 0.3 is 0 Å². The van der Waals surface area contributed by atoms with Crippen molar-refractivity contribution in [3.05, 3.63) is 48.6 Å². The first kappa shape index (κ1) is 21.0. The van der Waals surface area contributed by atoms with Gasteiger partial charge in [0, 0.05) is 5.56 Å². The lowest BCUT2D eigenvalue weighted by molar-refractivity contribution is -0.917. The maximum atomic E-state index is 3.97. The molecule has 0 radical (unpaired) electrons. The summed E-state index contributed by atoms with van der Waals surface area (Å²) in [6, 6.07) is 10.9. The number of nitrogens with zero attached hydrogens (tertiary/aromatic N) is 1. The SMILES string of the molecule is C=CC[N+](C)(CCCCCCCCCCCC)Cc1ccccc1. The number of rotatable bonds is 15. The second-order valence-corrected chi connectivity index (χ2v) is 7.64. The Labute approximate surface area is 151 Å². The number of likely N-dealkylation sites (N-methyl/N-ethyl adjacent to an activating group) is 1. The molecular weight excluding hydrogens is 290 g/mol. The van der Waals surface area contributed by atoms with Crippen molar-refractivity contribution < 1.29 is 4.48 Å². The van der Waals surface area contributed by atoms with E-state index in [1.165, 1.54) is 76.3 Å². The highest BCUT2D eigenvalue weighted by atomic mass is 15.3. The van der Waals surface area contributed by atoms with E-state index in [0.29, 0.717) is 0 Å². The molecule has 1 heteroatoms. The van der Waals surface area contributed by atoms with Crippen LogP contribution >= 0.6 is 0 Å². The lowest BCUT2D eigenvalue weighted by Crippen LogP contribution is -2.44. The summed E-state index contributed by atoms with van der Waals surface area (Å²) in [6.45, 7) is 9.70. The zero-order chi connectivity index (χ0) is 17.5. The van der Waals surface area contributed by atoms with Crippen LogP contribution in [0.5, 0.6) is 0 Å². The Balaban J connectivity index is 2.16. The van der Waals surface area contributed by atoms with Crippen LogP contribution in [0.2, 0.25) is 0 Å². The second kappa shape index (κ2) is 13.2. The van der Waals surface area contributed by atoms with Crippen molar-refractivity contribution in [2.45, 2.75) is 77.7 Å². The van der Waals surface area contributed by atoms with Gasteiger partial charge in [-0.25, -0.2) is 0 Å². The minimum Gasteiger partial charge on any atom is -0.319 e. The van der Waals surface area contributed by atoms with Gasteiger partial charge in [-0.3, -0.25) is 0 Å². The monoisotopic (exact) mass is 330 g/mol. The van der Waals surface area contributed by atoms with Gasteiger partial charge in [0.15, 0.2) is 0 Å². The summed E-state index contributed by atoms with van der Waals surface area (Å²) < 4.78 is 1.09. The smallest absolute Gasteiger partial charge is 0.104 e. The third-order valence-electron chi connectivity index (χ3n) is 5.03. The molecule has 1 aromatic rings. The van der Waals surface area contributed by atoms with E-state index in [9.17, 15) is 0 Å². The van der Waals surface area contributed by atoms with E-state index in [0.717, 1.165) is 17.6 Å². The summed E-state index contributed by atoms with van der Waals surface area (Å²) in [5.41, 5.74) is 1.44. The Morgan fingerprint density at radius 2 is 1.38 bits per heavy atom. The largest absolute Gasteiger partial charge is 0.319 e. The molecule has 1 unspecified atom stereocenters. The van der Waals surface area contributed by atoms with Crippen molar-refractivity contribution in [3.8, 4) is 0 Å². The molecule has 136 valence electrons. The molecule has 0 aliphatic heterocycles. The van der Waals surface area contributed by atoms with E-state index in [1.54, 1.807) is 0 Å². The van der Waals surface area contributed by atoms with Gasteiger partial charge in [-0.1, -0.05) is 95.2 Å². The average Bonchev–Trinajstić information content (AvgIpc) is 2.57. The van der Waals surface area contributed by atoms with Gasteiger partial charge in [-0.05, 0) is 18.9 Å². The normalized spacial score (nSPS) is 13.6. The third kappa shape index (κ3) is 9.93. The van der Waals surface area contributed by atoms with Crippen LogP contribution in [0.4, 0.5) is 0 Å². The van der Waals surface area contributed by atoms with Crippen molar-refractivity contribution in [3.63, 3.8) is 0 Å². The molecule has 0 saturated heterocycles. The van der Waals surface area contributed by atoms with E-state index < -0.39 is 0 Å². The molecule has 0 fully saturated rings. The van der Waals surface area contributed by atoms with Crippen molar-refractivity contribution in [1.29, 1.82) is 0 Å². The second-order valence-electron chi connectivity index (χ2n) is 7.64. The highest BCUT2D eigenvalue weighted by molar-refractivity contribution is 5.13. The first-order valence-corrected chi connectivity index (χ1v) is 10.2. The lowest BCUT2D eigenvalue weighted by atomic mass is 10.1. The van der Waals surface area contributed by atoms with Gasteiger partial charge in [-0.2, -0.15) is 0 Å². The highest BCUT2D eigenvalue weighted by Gasteiger charge is 2.19. The predicted molar refractivity (Wildman–Crippen MR) is 108 cm³/mol. The fourth-order valence-electron chi connectivity index (χ4n) is 3.55. The van der Waals surface area contributed by atoms with Crippen molar-refractivity contribution >= 4 is 0 Å². The van der Waals surface area contributed by atoms with Crippen molar-refractivity contribution in [1.82, 2.24) is 0 Å². The topological polar surface area (TPSA) is 0 Å². The van der Waals surface area contributed by atoms with Gasteiger partial charge in [0.2, 0.25) is 0 Å². The third-order valence-corrected chi connectivity index (χ3v) is 5.03. The maximum Gasteiger partial charge on any atom is 0.104 e. The Hall–Kier alpha value is -1.08. The van der Waals surface area contributed by atoms with Crippen LogP contribution in [-0.2, 0) is 6.54 Å². The van der Waals surface area contributed by atoms with Gasteiger partial charge < -0.3 is 4.48 Å². The number of hydrogen-bond donors (Lipinski definition) is 0. The summed E-state index contributed by atoms with van der Waals surface area (Å²) >= 11 is 0. The first-order chi connectivity index (χ1) is 11.7. The molecule has 24 heavy (non-hydrogen) atoms. The zero-order valence-corrected chi connectivity index (χ0v) is 16.3. The highest BCUT2D eigenvalue weighted by Crippen LogP contribution is 2.16. The minimum absolute atomic E-state index is 1.06. The average molecular weight is 331 g/mol. The quantitative estimate of drug-likeness (QED) is 0.190. The summed E-state index contributed by atoms with van der Waals surface area (Å²) in [5.74, 6) is 0. The molecule has 1 atom stereocenters. The van der Waals surface area contributed by atoms with Gasteiger partial charge in [0.1, 0.15) is 6.54 Å². The van der Waals surface area contributed by atoms with Crippen molar-refractivity contribution in [2.75, 3.05) is 20.1 Å². The summed E-state index contributed by atoms with van der Waals surface area (Å²) in [6.07, 6.45) is 16.2. The number of hydrogen-bond acceptors (Lipinski definition) is 0. The molecular formula is C23H40N+. The summed E-state index contributed by atoms with van der Waals surface area (Å²) in [7, 11) is 2.38. The maximum absolute atomic E-state index is 3.97. The fraction of sp³-hybridized carbons (Fsp3) is 0.652. The van der Waals surface area contributed by atoms with Crippen LogP contribution < -0.4 is 0 Å². The number of benzene rings is 1. The minimum atomic E-state index is 1.06. The van der Waals surface area contributed by atoms with E-state index in [1.807, 2.05) is 0 Å². The van der Waals surface area contributed by atoms with E-state index in [4.69, 9.17) is 0 Å². The standard InChI is InChI=1S/C23H40N/c1-4-6-7-8-9-10-11-12-13-17-21-24(3,20-5-2)22-23-18-15-14-16-19-23/h5,14-16,18-19H,2,4,6-13,17,20-22H2,1,3H3/q+1. The van der Waals surface area contributed by atoms with Crippen molar-refractivity contribution in [2.24, 2.45) is 0 Å². The predicted octanol–water partition coefficient (Wildman–Crippen LogP) is 6.74. The molecule has 1 nitrogen and oxygen atoms in total. The summed E-state index contributed by atoms with van der Waals surface area (Å²) in [5, 5.41) is 0. The molecule has 0 aliphatic rings. The Morgan fingerprint density at radius 1 is 0.833 bits per heavy atom. The summed E-state index contributed by atoms with van der Waals surface area (Å²) in [4.78, 5) is 0. The molecule has 0 aromatic heterocycles. The molecule has 1 aromatic carbocycles. The van der Waals surface area contributed by atoms with E-state index >= 15 is 0 Å². The Kier molecular flexibility index (Phi) is 11.6.